The van der Waals surface area contributed by atoms with Crippen molar-refractivity contribution in [1.82, 2.24) is 0 Å². The third kappa shape index (κ3) is 7.70. The zero-order valence-electron chi connectivity index (χ0n) is 9.33. The van der Waals surface area contributed by atoms with E-state index in [0.717, 1.165) is 0 Å². The highest BCUT2D eigenvalue weighted by molar-refractivity contribution is 4.58. The van der Waals surface area contributed by atoms with Crippen LogP contribution in [0.15, 0.2) is 0 Å². The van der Waals surface area contributed by atoms with Crippen LogP contribution in [0.4, 0.5) is 0 Å². The molecule has 0 aliphatic rings. The van der Waals surface area contributed by atoms with Crippen molar-refractivity contribution in [2.45, 2.75) is 64.3 Å². The van der Waals surface area contributed by atoms with Gasteiger partial charge in [-0.2, -0.15) is 0 Å². The van der Waals surface area contributed by atoms with Gasteiger partial charge < -0.3 is 25.2 Å². The third-order valence-electron chi connectivity index (χ3n) is 2.20. The lowest BCUT2D eigenvalue weighted by molar-refractivity contribution is -0.224. The first-order valence-corrected chi connectivity index (χ1v) is 5.37. The maximum absolute atomic E-state index is 9.28. The second-order valence-electron chi connectivity index (χ2n) is 3.64. The van der Waals surface area contributed by atoms with Crippen molar-refractivity contribution >= 4 is 0 Å². The first-order chi connectivity index (χ1) is 6.99. The molecule has 5 heteroatoms. The Morgan fingerprint density at radius 1 is 0.800 bits per heavy atom. The molecule has 0 aliphatic heterocycles. The van der Waals surface area contributed by atoms with Crippen molar-refractivity contribution in [3.8, 4) is 0 Å². The second-order valence-corrected chi connectivity index (χ2v) is 3.64. The average molecular weight is 222 g/mol. The monoisotopic (exact) mass is 222 g/mol. The van der Waals surface area contributed by atoms with E-state index in [-0.39, 0.29) is 12.8 Å². The number of hydrogen-bond acceptors (Lipinski definition) is 5. The van der Waals surface area contributed by atoms with Crippen molar-refractivity contribution in [1.29, 1.82) is 0 Å². The molecule has 0 aromatic rings. The zero-order chi connectivity index (χ0) is 11.8. The quantitative estimate of drug-likeness (QED) is 0.433. The standard InChI is InChI=1S/C10H22O5/c1-3-7(11)5-9(13)15-10(14)6-8(12)4-2/h7-14H,3-6H2,1-2H3. The number of rotatable bonds is 8. The Morgan fingerprint density at radius 3 is 1.40 bits per heavy atom. The van der Waals surface area contributed by atoms with Crippen molar-refractivity contribution in [3.05, 3.63) is 0 Å². The van der Waals surface area contributed by atoms with E-state index in [4.69, 9.17) is 4.74 Å². The fraction of sp³-hybridized carbons (Fsp3) is 1.00. The van der Waals surface area contributed by atoms with Crippen LogP contribution in [-0.2, 0) is 4.74 Å². The van der Waals surface area contributed by atoms with Crippen LogP contribution in [0.25, 0.3) is 0 Å². The summed E-state index contributed by atoms with van der Waals surface area (Å²) >= 11 is 0. The zero-order valence-corrected chi connectivity index (χ0v) is 9.33. The van der Waals surface area contributed by atoms with E-state index in [9.17, 15) is 20.4 Å². The van der Waals surface area contributed by atoms with Crippen molar-refractivity contribution in [2.75, 3.05) is 0 Å². The highest BCUT2D eigenvalue weighted by Gasteiger charge is 2.17. The van der Waals surface area contributed by atoms with Crippen LogP contribution >= 0.6 is 0 Å². The predicted octanol–water partition coefficient (Wildman–Crippen LogP) is -0.0382. The van der Waals surface area contributed by atoms with Crippen molar-refractivity contribution < 1.29 is 25.2 Å². The fourth-order valence-electron chi connectivity index (χ4n) is 1.09. The average Bonchev–Trinajstić information content (AvgIpc) is 2.16. The van der Waals surface area contributed by atoms with Gasteiger partial charge in [-0.15, -0.1) is 0 Å². The molecule has 0 aromatic carbocycles. The number of aliphatic hydroxyl groups is 4. The maximum Gasteiger partial charge on any atom is 0.160 e. The lowest BCUT2D eigenvalue weighted by Gasteiger charge is -2.20. The number of hydrogen-bond donors (Lipinski definition) is 4. The molecular weight excluding hydrogens is 200 g/mol. The third-order valence-corrected chi connectivity index (χ3v) is 2.20. The maximum atomic E-state index is 9.28. The predicted molar refractivity (Wildman–Crippen MR) is 54.9 cm³/mol. The van der Waals surface area contributed by atoms with Crippen LogP contribution in [-0.4, -0.2) is 45.2 Å². The van der Waals surface area contributed by atoms with Gasteiger partial charge in [-0.3, -0.25) is 0 Å². The number of ether oxygens (including phenoxy) is 1. The van der Waals surface area contributed by atoms with Crippen LogP contribution in [0, 0.1) is 0 Å². The van der Waals surface area contributed by atoms with E-state index >= 15 is 0 Å². The van der Waals surface area contributed by atoms with Gasteiger partial charge in [0.15, 0.2) is 12.6 Å². The van der Waals surface area contributed by atoms with Gasteiger partial charge in [0.2, 0.25) is 0 Å². The van der Waals surface area contributed by atoms with Crippen LogP contribution in [0.1, 0.15) is 39.5 Å². The molecule has 0 aliphatic carbocycles. The van der Waals surface area contributed by atoms with Gasteiger partial charge in [0.05, 0.1) is 12.2 Å². The van der Waals surface area contributed by atoms with E-state index in [1.54, 1.807) is 13.8 Å². The minimum Gasteiger partial charge on any atom is -0.393 e. The summed E-state index contributed by atoms with van der Waals surface area (Å²) in [5, 5.41) is 37.0. The molecule has 4 atom stereocenters. The molecule has 0 rings (SSSR count). The molecule has 0 saturated carbocycles. The van der Waals surface area contributed by atoms with E-state index in [2.05, 4.69) is 0 Å². The minimum atomic E-state index is -1.20. The summed E-state index contributed by atoms with van der Waals surface area (Å²) in [6, 6.07) is 0. The van der Waals surface area contributed by atoms with Crippen molar-refractivity contribution in [2.24, 2.45) is 0 Å². The molecule has 4 unspecified atom stereocenters. The van der Waals surface area contributed by atoms with E-state index in [1.807, 2.05) is 0 Å². The lowest BCUT2D eigenvalue weighted by Crippen LogP contribution is -2.28. The van der Waals surface area contributed by atoms with Crippen LogP contribution in [0.2, 0.25) is 0 Å². The largest absolute Gasteiger partial charge is 0.393 e. The molecular formula is C10H22O5. The molecule has 0 aromatic heterocycles. The smallest absolute Gasteiger partial charge is 0.160 e. The highest BCUT2D eigenvalue weighted by atomic mass is 16.7. The molecule has 0 fully saturated rings. The summed E-state index contributed by atoms with van der Waals surface area (Å²) in [5.41, 5.74) is 0. The second kappa shape index (κ2) is 8.01. The molecule has 0 saturated heterocycles. The topological polar surface area (TPSA) is 90.2 Å². The Kier molecular flexibility index (Phi) is 7.90. The number of aliphatic hydroxyl groups excluding tert-OH is 4. The minimum absolute atomic E-state index is 0.0653. The summed E-state index contributed by atoms with van der Waals surface area (Å²) in [7, 11) is 0. The molecule has 4 N–H and O–H groups in total. The van der Waals surface area contributed by atoms with Gasteiger partial charge in [0, 0.05) is 12.8 Å². The van der Waals surface area contributed by atoms with Gasteiger partial charge in [-0.05, 0) is 12.8 Å². The van der Waals surface area contributed by atoms with Gasteiger partial charge >= 0.3 is 0 Å². The summed E-state index contributed by atoms with van der Waals surface area (Å²) in [6.45, 7) is 3.57. The first-order valence-electron chi connectivity index (χ1n) is 5.37. The Morgan fingerprint density at radius 2 is 1.13 bits per heavy atom. The Balaban J connectivity index is 3.70. The molecule has 0 spiro atoms. The van der Waals surface area contributed by atoms with E-state index in [1.165, 1.54) is 0 Å². The fourth-order valence-corrected chi connectivity index (χ4v) is 1.09. The summed E-state index contributed by atoms with van der Waals surface area (Å²) in [6.07, 6.45) is -2.49. The molecule has 0 amide bonds. The van der Waals surface area contributed by atoms with Crippen LogP contribution < -0.4 is 0 Å². The molecule has 0 heterocycles. The van der Waals surface area contributed by atoms with Gasteiger partial charge in [0.25, 0.3) is 0 Å². The Labute approximate surface area is 90.3 Å². The summed E-state index contributed by atoms with van der Waals surface area (Å²) in [5.74, 6) is 0. The van der Waals surface area contributed by atoms with Gasteiger partial charge in [-0.1, -0.05) is 13.8 Å². The Hall–Kier alpha value is -0.200. The van der Waals surface area contributed by atoms with E-state index < -0.39 is 24.8 Å². The molecule has 92 valence electrons. The first kappa shape index (κ1) is 14.8. The molecule has 5 nitrogen and oxygen atoms in total. The normalized spacial score (nSPS) is 19.6. The van der Waals surface area contributed by atoms with Crippen molar-refractivity contribution in [3.63, 3.8) is 0 Å². The molecule has 0 radical (unpaired) electrons. The lowest BCUT2D eigenvalue weighted by atomic mass is 10.2. The summed E-state index contributed by atoms with van der Waals surface area (Å²) in [4.78, 5) is 0. The molecule has 0 bridgehead atoms. The Bertz CT molecular complexity index is 137. The van der Waals surface area contributed by atoms with Gasteiger partial charge in [-0.25, -0.2) is 0 Å². The highest BCUT2D eigenvalue weighted by Crippen LogP contribution is 2.09. The summed E-state index contributed by atoms with van der Waals surface area (Å²) < 4.78 is 4.79. The molecule has 15 heavy (non-hydrogen) atoms. The van der Waals surface area contributed by atoms with Gasteiger partial charge in [0.1, 0.15) is 0 Å². The SMILES string of the molecule is CCC(O)CC(O)OC(O)CC(O)CC. The van der Waals surface area contributed by atoms with Crippen LogP contribution in [0.3, 0.4) is 0 Å². The van der Waals surface area contributed by atoms with E-state index in [0.29, 0.717) is 12.8 Å². The van der Waals surface area contributed by atoms with Crippen LogP contribution in [0.5, 0.6) is 0 Å².